The van der Waals surface area contributed by atoms with E-state index >= 15 is 0 Å². The van der Waals surface area contributed by atoms with E-state index in [1.807, 2.05) is 49.4 Å². The van der Waals surface area contributed by atoms with E-state index in [4.69, 9.17) is 10.5 Å². The number of nitrogen functional groups attached to an aromatic ring is 1. The largest absolute Gasteiger partial charge is 0.497 e. The van der Waals surface area contributed by atoms with Crippen molar-refractivity contribution in [3.8, 4) is 5.75 Å². The van der Waals surface area contributed by atoms with Gasteiger partial charge in [-0.15, -0.1) is 0 Å². The maximum Gasteiger partial charge on any atom is 0.224 e. The summed E-state index contributed by atoms with van der Waals surface area (Å²) in [4.78, 5) is 12.1. The molecule has 0 saturated heterocycles. The molecule has 0 spiro atoms. The average Bonchev–Trinajstić information content (AvgIpc) is 2.47. The molecule has 4 nitrogen and oxygen atoms in total. The summed E-state index contributed by atoms with van der Waals surface area (Å²) in [6.07, 6.45) is 0.418. The van der Waals surface area contributed by atoms with Gasteiger partial charge in [0.25, 0.3) is 0 Å². The highest BCUT2D eigenvalue weighted by molar-refractivity contribution is 5.91. The van der Waals surface area contributed by atoms with Crippen LogP contribution in [0.2, 0.25) is 0 Å². The molecule has 0 aliphatic heterocycles. The van der Waals surface area contributed by atoms with Gasteiger partial charge in [-0.2, -0.15) is 0 Å². The molecule has 4 heteroatoms. The molecule has 110 valence electrons. The SMILES string of the molecule is COc1cccc(NC(=O)CC(C)c2ccc(N)cc2)c1. The van der Waals surface area contributed by atoms with Gasteiger partial charge in [-0.3, -0.25) is 4.79 Å². The molecule has 21 heavy (non-hydrogen) atoms. The number of hydrogen-bond donors (Lipinski definition) is 2. The monoisotopic (exact) mass is 284 g/mol. The summed E-state index contributed by atoms with van der Waals surface area (Å²) in [5.41, 5.74) is 8.24. The minimum absolute atomic E-state index is 0.0208. The highest BCUT2D eigenvalue weighted by Gasteiger charge is 2.11. The van der Waals surface area contributed by atoms with Crippen molar-refractivity contribution in [2.75, 3.05) is 18.2 Å². The zero-order chi connectivity index (χ0) is 15.2. The molecule has 2 rings (SSSR count). The van der Waals surface area contributed by atoms with Crippen LogP contribution in [0.15, 0.2) is 48.5 Å². The number of nitrogens with two attached hydrogens (primary N) is 1. The molecule has 0 aliphatic carbocycles. The Morgan fingerprint density at radius 1 is 1.24 bits per heavy atom. The number of amides is 1. The highest BCUT2D eigenvalue weighted by atomic mass is 16.5. The van der Waals surface area contributed by atoms with Gasteiger partial charge in [-0.05, 0) is 35.7 Å². The average molecular weight is 284 g/mol. The molecule has 0 radical (unpaired) electrons. The van der Waals surface area contributed by atoms with Crippen molar-refractivity contribution in [2.24, 2.45) is 0 Å². The number of anilines is 2. The normalized spacial score (nSPS) is 11.7. The van der Waals surface area contributed by atoms with Crippen LogP contribution in [0.1, 0.15) is 24.8 Å². The molecule has 2 aromatic carbocycles. The Bertz CT molecular complexity index is 608. The molecule has 0 heterocycles. The second kappa shape index (κ2) is 6.79. The zero-order valence-electron chi connectivity index (χ0n) is 12.3. The maximum absolute atomic E-state index is 12.1. The number of rotatable bonds is 5. The Kier molecular flexibility index (Phi) is 4.82. The van der Waals surface area contributed by atoms with Gasteiger partial charge in [-0.25, -0.2) is 0 Å². The molecule has 1 amide bonds. The summed E-state index contributed by atoms with van der Waals surface area (Å²) < 4.78 is 5.13. The Morgan fingerprint density at radius 3 is 2.62 bits per heavy atom. The predicted octanol–water partition coefficient (Wildman–Crippen LogP) is 3.41. The first-order valence-corrected chi connectivity index (χ1v) is 6.88. The molecule has 0 fully saturated rings. The number of carbonyl (C=O) groups excluding carboxylic acids is 1. The van der Waals surface area contributed by atoms with Crippen LogP contribution in [0.5, 0.6) is 5.75 Å². The molecule has 0 aliphatic rings. The minimum atomic E-state index is -0.0208. The lowest BCUT2D eigenvalue weighted by Crippen LogP contribution is -2.14. The van der Waals surface area contributed by atoms with Gasteiger partial charge >= 0.3 is 0 Å². The fourth-order valence-electron chi connectivity index (χ4n) is 2.13. The standard InChI is InChI=1S/C17H20N2O2/c1-12(13-6-8-14(18)9-7-13)10-17(20)19-15-4-3-5-16(11-15)21-2/h3-9,11-12H,10,18H2,1-2H3,(H,19,20). The first-order valence-electron chi connectivity index (χ1n) is 6.88. The number of benzene rings is 2. The van der Waals surface area contributed by atoms with E-state index in [0.29, 0.717) is 6.42 Å². The number of nitrogens with one attached hydrogen (secondary N) is 1. The van der Waals surface area contributed by atoms with Crippen LogP contribution in [0.4, 0.5) is 11.4 Å². The molecule has 3 N–H and O–H groups in total. The Balaban J connectivity index is 1.96. The molecule has 0 saturated carbocycles. The molecule has 0 bridgehead atoms. The van der Waals surface area contributed by atoms with E-state index < -0.39 is 0 Å². The molecule has 1 unspecified atom stereocenters. The van der Waals surface area contributed by atoms with Gasteiger partial charge in [0.05, 0.1) is 7.11 Å². The molecular weight excluding hydrogens is 264 g/mol. The van der Waals surface area contributed by atoms with Crippen LogP contribution in [0, 0.1) is 0 Å². The lowest BCUT2D eigenvalue weighted by Gasteiger charge is -2.12. The zero-order valence-corrected chi connectivity index (χ0v) is 12.3. The number of ether oxygens (including phenoxy) is 1. The maximum atomic E-state index is 12.1. The summed E-state index contributed by atoms with van der Waals surface area (Å²) in [6, 6.07) is 14.9. The van der Waals surface area contributed by atoms with Gasteiger partial charge in [0.15, 0.2) is 0 Å². The molecule has 2 aromatic rings. The topological polar surface area (TPSA) is 64.3 Å². The van der Waals surface area contributed by atoms with Crippen molar-refractivity contribution in [3.63, 3.8) is 0 Å². The molecular formula is C17H20N2O2. The predicted molar refractivity (Wildman–Crippen MR) is 85.5 cm³/mol. The summed E-state index contributed by atoms with van der Waals surface area (Å²) in [5, 5.41) is 2.89. The lowest BCUT2D eigenvalue weighted by molar-refractivity contribution is -0.116. The minimum Gasteiger partial charge on any atom is -0.497 e. The third-order valence-corrected chi connectivity index (χ3v) is 3.35. The second-order valence-electron chi connectivity index (χ2n) is 5.05. The fourth-order valence-corrected chi connectivity index (χ4v) is 2.13. The number of carbonyl (C=O) groups is 1. The first kappa shape index (κ1) is 14.9. The molecule has 0 aromatic heterocycles. The quantitative estimate of drug-likeness (QED) is 0.827. The first-order chi connectivity index (χ1) is 10.1. The van der Waals surface area contributed by atoms with Crippen LogP contribution in [-0.4, -0.2) is 13.0 Å². The van der Waals surface area contributed by atoms with Gasteiger partial charge in [-0.1, -0.05) is 25.1 Å². The van der Waals surface area contributed by atoms with Gasteiger partial charge < -0.3 is 15.8 Å². The summed E-state index contributed by atoms with van der Waals surface area (Å²) in [7, 11) is 1.60. The van der Waals surface area contributed by atoms with E-state index in [1.165, 1.54) is 0 Å². The Labute approximate surface area is 124 Å². The van der Waals surface area contributed by atoms with Crippen LogP contribution >= 0.6 is 0 Å². The third kappa shape index (κ3) is 4.24. The van der Waals surface area contributed by atoms with Crippen molar-refractivity contribution in [1.82, 2.24) is 0 Å². The smallest absolute Gasteiger partial charge is 0.224 e. The van der Waals surface area contributed by atoms with E-state index in [1.54, 1.807) is 13.2 Å². The number of methoxy groups -OCH3 is 1. The van der Waals surface area contributed by atoms with Crippen LogP contribution in [-0.2, 0) is 4.79 Å². The van der Waals surface area contributed by atoms with Crippen LogP contribution in [0.3, 0.4) is 0 Å². The van der Waals surface area contributed by atoms with Crippen molar-refractivity contribution in [1.29, 1.82) is 0 Å². The summed E-state index contributed by atoms with van der Waals surface area (Å²) >= 11 is 0. The van der Waals surface area contributed by atoms with E-state index in [9.17, 15) is 4.79 Å². The van der Waals surface area contributed by atoms with E-state index in [-0.39, 0.29) is 11.8 Å². The van der Waals surface area contributed by atoms with Crippen LogP contribution in [0.25, 0.3) is 0 Å². The van der Waals surface area contributed by atoms with Crippen molar-refractivity contribution in [3.05, 3.63) is 54.1 Å². The van der Waals surface area contributed by atoms with Crippen molar-refractivity contribution < 1.29 is 9.53 Å². The molecule has 1 atom stereocenters. The summed E-state index contributed by atoms with van der Waals surface area (Å²) in [5.74, 6) is 0.836. The van der Waals surface area contributed by atoms with E-state index in [2.05, 4.69) is 5.32 Å². The second-order valence-corrected chi connectivity index (χ2v) is 5.05. The summed E-state index contributed by atoms with van der Waals surface area (Å²) in [6.45, 7) is 2.02. The Hall–Kier alpha value is -2.49. The third-order valence-electron chi connectivity index (χ3n) is 3.35. The van der Waals surface area contributed by atoms with Crippen molar-refractivity contribution >= 4 is 17.3 Å². The number of hydrogen-bond acceptors (Lipinski definition) is 3. The van der Waals surface area contributed by atoms with Gasteiger partial charge in [0.1, 0.15) is 5.75 Å². The van der Waals surface area contributed by atoms with Gasteiger partial charge in [0.2, 0.25) is 5.91 Å². The lowest BCUT2D eigenvalue weighted by atomic mass is 9.97. The van der Waals surface area contributed by atoms with Crippen LogP contribution < -0.4 is 15.8 Å². The Morgan fingerprint density at radius 2 is 1.95 bits per heavy atom. The van der Waals surface area contributed by atoms with Crippen molar-refractivity contribution in [2.45, 2.75) is 19.3 Å². The fraction of sp³-hybridized carbons (Fsp3) is 0.235. The van der Waals surface area contributed by atoms with E-state index in [0.717, 1.165) is 22.7 Å². The van der Waals surface area contributed by atoms with Gasteiger partial charge in [0, 0.05) is 23.9 Å². The highest BCUT2D eigenvalue weighted by Crippen LogP contribution is 2.22.